The third kappa shape index (κ3) is 3.67. The van der Waals surface area contributed by atoms with Crippen molar-refractivity contribution >= 4 is 23.1 Å². The predicted molar refractivity (Wildman–Crippen MR) is 69.9 cm³/mol. The number of hydrogen-bond acceptors (Lipinski definition) is 3. The predicted octanol–water partition coefficient (Wildman–Crippen LogP) is 0.415. The van der Waals surface area contributed by atoms with Crippen molar-refractivity contribution in [3.63, 3.8) is 0 Å². The van der Waals surface area contributed by atoms with E-state index >= 15 is 0 Å². The lowest BCUT2D eigenvalue weighted by atomic mass is 10.0. The Morgan fingerprint density at radius 1 is 1.47 bits per heavy atom. The van der Waals surface area contributed by atoms with Gasteiger partial charge in [-0.2, -0.15) is 0 Å². The van der Waals surface area contributed by atoms with Gasteiger partial charge in [0, 0.05) is 12.3 Å². The van der Waals surface area contributed by atoms with E-state index < -0.39 is 0 Å². The summed E-state index contributed by atoms with van der Waals surface area (Å²) in [5, 5.41) is 2.72. The fraction of sp³-hybridized carbons (Fsp3) is 0.364. The van der Waals surface area contributed by atoms with Gasteiger partial charge in [-0.05, 0) is 12.0 Å². The molecule has 0 radical (unpaired) electrons. The summed E-state index contributed by atoms with van der Waals surface area (Å²) in [6.07, 6.45) is 1.36. The summed E-state index contributed by atoms with van der Waals surface area (Å²) in [5.74, 6) is -0.202. The molecule has 0 aliphatic rings. The smallest absolute Gasteiger partial charge is 0.253 e. The highest BCUT2D eigenvalue weighted by Gasteiger charge is 2.19. The third-order valence-electron chi connectivity index (χ3n) is 2.31. The summed E-state index contributed by atoms with van der Waals surface area (Å²) in [4.78, 5) is 25.4. The van der Waals surface area contributed by atoms with Crippen molar-refractivity contribution < 1.29 is 4.79 Å². The average molecular weight is 253 g/mol. The van der Waals surface area contributed by atoms with Crippen LogP contribution >= 0.6 is 12.2 Å². The first-order chi connectivity index (χ1) is 7.91. The molecule has 0 saturated carbocycles. The minimum atomic E-state index is -0.357. The molecule has 0 aromatic carbocycles. The Hall–Kier alpha value is -1.69. The van der Waals surface area contributed by atoms with Crippen LogP contribution in [0.5, 0.6) is 0 Å². The van der Waals surface area contributed by atoms with Gasteiger partial charge in [0.2, 0.25) is 5.56 Å². The van der Waals surface area contributed by atoms with Crippen molar-refractivity contribution in [3.05, 3.63) is 34.2 Å². The van der Waals surface area contributed by atoms with E-state index in [0.717, 1.165) is 0 Å². The van der Waals surface area contributed by atoms with Gasteiger partial charge in [-0.1, -0.05) is 26.1 Å². The normalized spacial score (nSPS) is 12.2. The number of H-pyrrole nitrogens is 1. The first-order valence-electron chi connectivity index (χ1n) is 5.20. The lowest BCUT2D eigenvalue weighted by Gasteiger charge is -2.20. The number of nitrogens with two attached hydrogens (primary N) is 1. The minimum absolute atomic E-state index is 0.110. The van der Waals surface area contributed by atoms with Crippen LogP contribution in [0.15, 0.2) is 23.1 Å². The van der Waals surface area contributed by atoms with Gasteiger partial charge < -0.3 is 16.0 Å². The topological polar surface area (TPSA) is 88.0 Å². The maximum atomic E-state index is 11.8. The molecule has 1 atom stereocenters. The van der Waals surface area contributed by atoms with E-state index in [2.05, 4.69) is 10.3 Å². The van der Waals surface area contributed by atoms with Crippen molar-refractivity contribution in [1.29, 1.82) is 0 Å². The summed E-state index contributed by atoms with van der Waals surface area (Å²) in [6.45, 7) is 3.83. The third-order valence-corrected chi connectivity index (χ3v) is 2.56. The number of amides is 1. The lowest BCUT2D eigenvalue weighted by molar-refractivity contribution is 0.0939. The zero-order valence-electron chi connectivity index (χ0n) is 9.69. The molecule has 1 aromatic heterocycles. The zero-order chi connectivity index (χ0) is 13.0. The Labute approximate surface area is 104 Å². The molecule has 17 heavy (non-hydrogen) atoms. The maximum Gasteiger partial charge on any atom is 0.253 e. The number of nitrogens with one attached hydrogen (secondary N) is 2. The van der Waals surface area contributed by atoms with Crippen molar-refractivity contribution in [2.24, 2.45) is 11.7 Å². The Morgan fingerprint density at radius 3 is 2.53 bits per heavy atom. The van der Waals surface area contributed by atoms with Crippen LogP contribution in [-0.4, -0.2) is 21.9 Å². The zero-order valence-corrected chi connectivity index (χ0v) is 10.5. The molecule has 0 spiro atoms. The Morgan fingerprint density at radius 2 is 2.12 bits per heavy atom. The first kappa shape index (κ1) is 13.4. The summed E-state index contributed by atoms with van der Waals surface area (Å²) in [7, 11) is 0. The first-order valence-corrected chi connectivity index (χ1v) is 5.61. The molecule has 6 heteroatoms. The standard InChI is InChI=1S/C11H15N3O2S/c1-6(2)9(10(12)17)14-11(16)7-3-4-8(15)13-5-7/h3-6,9H,1-2H3,(H2,12,17)(H,13,15)(H,14,16). The molecule has 5 nitrogen and oxygen atoms in total. The summed E-state index contributed by atoms with van der Waals surface area (Å²) >= 11 is 4.89. The van der Waals surface area contributed by atoms with Crippen molar-refractivity contribution in [2.45, 2.75) is 19.9 Å². The molecule has 0 aliphatic carbocycles. The monoisotopic (exact) mass is 253 g/mol. The van der Waals surface area contributed by atoms with E-state index in [1.165, 1.54) is 18.3 Å². The van der Waals surface area contributed by atoms with Gasteiger partial charge in [0.25, 0.3) is 5.91 Å². The van der Waals surface area contributed by atoms with Crippen molar-refractivity contribution in [3.8, 4) is 0 Å². The number of thiocarbonyl (C=S) groups is 1. The van der Waals surface area contributed by atoms with E-state index in [1.807, 2.05) is 13.8 Å². The Balaban J connectivity index is 2.81. The van der Waals surface area contributed by atoms with Crippen LogP contribution in [0.2, 0.25) is 0 Å². The Kier molecular flexibility index (Phi) is 4.39. The fourth-order valence-electron chi connectivity index (χ4n) is 1.34. The average Bonchev–Trinajstić information content (AvgIpc) is 2.25. The van der Waals surface area contributed by atoms with E-state index in [4.69, 9.17) is 18.0 Å². The number of hydrogen-bond donors (Lipinski definition) is 3. The molecule has 0 aliphatic heterocycles. The molecule has 1 amide bonds. The molecule has 4 N–H and O–H groups in total. The van der Waals surface area contributed by atoms with Gasteiger partial charge in [0.15, 0.2) is 0 Å². The summed E-state index contributed by atoms with van der Waals surface area (Å²) < 4.78 is 0. The van der Waals surface area contributed by atoms with Crippen LogP contribution in [0.1, 0.15) is 24.2 Å². The van der Waals surface area contributed by atoms with Gasteiger partial charge in [-0.15, -0.1) is 0 Å². The van der Waals surface area contributed by atoms with Gasteiger partial charge >= 0.3 is 0 Å². The summed E-state index contributed by atoms with van der Waals surface area (Å²) in [5.41, 5.74) is 5.66. The Bertz CT molecular complexity index is 461. The van der Waals surface area contributed by atoms with Crippen LogP contribution < -0.4 is 16.6 Å². The number of aromatic amines is 1. The van der Waals surface area contributed by atoms with Gasteiger partial charge in [-0.25, -0.2) is 0 Å². The second-order valence-corrected chi connectivity index (χ2v) is 4.51. The van der Waals surface area contributed by atoms with E-state index in [9.17, 15) is 9.59 Å². The quantitative estimate of drug-likeness (QED) is 0.678. The van der Waals surface area contributed by atoms with Crippen LogP contribution in [0.4, 0.5) is 0 Å². The number of aromatic nitrogens is 1. The highest BCUT2D eigenvalue weighted by atomic mass is 32.1. The highest BCUT2D eigenvalue weighted by Crippen LogP contribution is 2.04. The van der Waals surface area contributed by atoms with Gasteiger partial charge in [0.1, 0.15) is 0 Å². The molecule has 92 valence electrons. The van der Waals surface area contributed by atoms with E-state index in [-0.39, 0.29) is 28.4 Å². The van der Waals surface area contributed by atoms with Gasteiger partial charge in [-0.3, -0.25) is 9.59 Å². The van der Waals surface area contributed by atoms with Crippen LogP contribution in [0.3, 0.4) is 0 Å². The molecule has 0 bridgehead atoms. The van der Waals surface area contributed by atoms with Crippen molar-refractivity contribution in [1.82, 2.24) is 10.3 Å². The molecule has 0 fully saturated rings. The molecule has 1 heterocycles. The van der Waals surface area contributed by atoms with Crippen LogP contribution in [0.25, 0.3) is 0 Å². The molecule has 0 saturated heterocycles. The number of rotatable bonds is 4. The second-order valence-electron chi connectivity index (χ2n) is 4.04. The van der Waals surface area contributed by atoms with Crippen molar-refractivity contribution in [2.75, 3.05) is 0 Å². The number of carbonyl (C=O) groups is 1. The van der Waals surface area contributed by atoms with E-state index in [0.29, 0.717) is 5.56 Å². The van der Waals surface area contributed by atoms with Crippen LogP contribution in [0, 0.1) is 5.92 Å². The second kappa shape index (κ2) is 5.58. The molecular weight excluding hydrogens is 238 g/mol. The molecule has 1 rings (SSSR count). The lowest BCUT2D eigenvalue weighted by Crippen LogP contribution is -2.46. The minimum Gasteiger partial charge on any atom is -0.392 e. The van der Waals surface area contributed by atoms with E-state index in [1.54, 1.807) is 0 Å². The fourth-order valence-corrected chi connectivity index (χ4v) is 1.67. The SMILES string of the molecule is CC(C)C(NC(=O)c1ccc(=O)[nH]c1)C(N)=S. The largest absolute Gasteiger partial charge is 0.392 e. The maximum absolute atomic E-state index is 11.8. The number of carbonyl (C=O) groups excluding carboxylic acids is 1. The summed E-state index contributed by atoms with van der Waals surface area (Å²) in [6, 6.07) is 2.38. The number of pyridine rings is 1. The van der Waals surface area contributed by atoms with Crippen LogP contribution in [-0.2, 0) is 0 Å². The van der Waals surface area contributed by atoms with Gasteiger partial charge in [0.05, 0.1) is 16.6 Å². The molecule has 1 unspecified atom stereocenters. The molecular formula is C11H15N3O2S. The highest BCUT2D eigenvalue weighted by molar-refractivity contribution is 7.80. The molecule has 1 aromatic rings.